The van der Waals surface area contributed by atoms with Gasteiger partial charge in [-0.3, -0.25) is 0 Å². The number of hydrogen-bond acceptors (Lipinski definition) is 0. The van der Waals surface area contributed by atoms with E-state index in [1.807, 2.05) is 45.1 Å². The maximum Gasteiger partial charge on any atom is -0.0313 e. The van der Waals surface area contributed by atoms with E-state index in [1.165, 1.54) is 5.57 Å². The minimum atomic E-state index is 1.04. The predicted molar refractivity (Wildman–Crippen MR) is 54.7 cm³/mol. The molecule has 0 N–H and O–H groups in total. The lowest BCUT2D eigenvalue weighted by atomic mass is 10.2. The van der Waals surface area contributed by atoms with Gasteiger partial charge in [-0.2, -0.15) is 0 Å². The zero-order chi connectivity index (χ0) is 9.11. The van der Waals surface area contributed by atoms with E-state index in [1.54, 1.807) is 0 Å². The Bertz CT molecular complexity index is 127. The molecule has 11 heavy (non-hydrogen) atoms. The van der Waals surface area contributed by atoms with Crippen LogP contribution in [-0.2, 0) is 0 Å². The molecule has 0 unspecified atom stereocenters. The Labute approximate surface area is 71.3 Å². The molecule has 0 aliphatic carbocycles. The fraction of sp³-hybridized carbons (Fsp3) is 0.455. The largest absolute Gasteiger partial charge is 0.0958 e. The average molecular weight is 152 g/mol. The van der Waals surface area contributed by atoms with Crippen LogP contribution in [0.2, 0.25) is 0 Å². The van der Waals surface area contributed by atoms with E-state index in [9.17, 15) is 0 Å². The first kappa shape index (κ1) is 12.9. The van der Waals surface area contributed by atoms with Gasteiger partial charge >= 0.3 is 0 Å². The van der Waals surface area contributed by atoms with Crippen molar-refractivity contribution in [3.05, 3.63) is 36.5 Å². The summed E-state index contributed by atoms with van der Waals surface area (Å²) in [5.74, 6) is 0. The third-order valence-corrected chi connectivity index (χ3v) is 1.09. The molecule has 0 saturated carbocycles. The Morgan fingerprint density at radius 1 is 1.27 bits per heavy atom. The number of hydrogen-bond donors (Lipinski definition) is 0. The summed E-state index contributed by atoms with van der Waals surface area (Å²) in [7, 11) is 0. The van der Waals surface area contributed by atoms with Gasteiger partial charge < -0.3 is 0 Å². The van der Waals surface area contributed by atoms with Crippen LogP contribution in [0.25, 0.3) is 0 Å². The first-order valence-electron chi connectivity index (χ1n) is 4.28. The van der Waals surface area contributed by atoms with Crippen LogP contribution in [0.5, 0.6) is 0 Å². The lowest BCUT2D eigenvalue weighted by Crippen LogP contribution is -1.66. The van der Waals surface area contributed by atoms with Gasteiger partial charge in [-0.05, 0) is 13.3 Å². The van der Waals surface area contributed by atoms with Gasteiger partial charge in [-0.25, -0.2) is 0 Å². The molecule has 0 radical (unpaired) electrons. The Balaban J connectivity index is 0. The summed E-state index contributed by atoms with van der Waals surface area (Å²) in [6, 6.07) is 0. The van der Waals surface area contributed by atoms with Crippen LogP contribution in [0.4, 0.5) is 0 Å². The topological polar surface area (TPSA) is 0 Å². The number of allylic oxidation sites excluding steroid dienone is 5. The van der Waals surface area contributed by atoms with Crippen molar-refractivity contribution in [1.29, 1.82) is 0 Å². The van der Waals surface area contributed by atoms with Crippen molar-refractivity contribution in [1.82, 2.24) is 0 Å². The smallest absolute Gasteiger partial charge is 0.0313 e. The standard InChI is InChI=1S/C9H14.C2H6/c1-4-6-7-8-9(3)5-2;1-2/h4,6-8H,3,5H2,1-2H3;1-2H3/b6-4-,8-7-;. The highest BCUT2D eigenvalue weighted by Gasteiger charge is 1.76. The molecule has 0 heteroatoms. The van der Waals surface area contributed by atoms with Crippen LogP contribution in [0, 0.1) is 0 Å². The Hall–Kier alpha value is -0.780. The van der Waals surface area contributed by atoms with Gasteiger partial charge in [0, 0.05) is 0 Å². The summed E-state index contributed by atoms with van der Waals surface area (Å²) in [6.45, 7) is 11.9. The molecule has 0 nitrogen and oxygen atoms in total. The van der Waals surface area contributed by atoms with Crippen molar-refractivity contribution in [3.8, 4) is 0 Å². The molecule has 0 amide bonds. The summed E-state index contributed by atoms with van der Waals surface area (Å²) in [4.78, 5) is 0. The molecule has 0 fully saturated rings. The van der Waals surface area contributed by atoms with E-state index in [4.69, 9.17) is 0 Å². The summed E-state index contributed by atoms with van der Waals surface area (Å²) in [6.07, 6.45) is 9.07. The molecule has 0 atom stereocenters. The number of rotatable bonds is 3. The van der Waals surface area contributed by atoms with Crippen molar-refractivity contribution in [2.24, 2.45) is 0 Å². The van der Waals surface area contributed by atoms with Gasteiger partial charge in [0.15, 0.2) is 0 Å². The van der Waals surface area contributed by atoms with Crippen LogP contribution in [0.3, 0.4) is 0 Å². The van der Waals surface area contributed by atoms with E-state index in [2.05, 4.69) is 13.5 Å². The van der Waals surface area contributed by atoms with Crippen LogP contribution in [0.15, 0.2) is 36.5 Å². The molecule has 0 heterocycles. The monoisotopic (exact) mass is 152 g/mol. The third kappa shape index (κ3) is 12.4. The molecule has 0 aliphatic heterocycles. The quantitative estimate of drug-likeness (QED) is 0.534. The molecule has 0 aromatic heterocycles. The molecule has 0 bridgehead atoms. The molecule has 0 rings (SSSR count). The first-order valence-corrected chi connectivity index (χ1v) is 4.28. The predicted octanol–water partition coefficient (Wildman–Crippen LogP) is 4.11. The summed E-state index contributed by atoms with van der Waals surface area (Å²) >= 11 is 0. The lowest BCUT2D eigenvalue weighted by Gasteiger charge is -1.86. The van der Waals surface area contributed by atoms with E-state index < -0.39 is 0 Å². The van der Waals surface area contributed by atoms with E-state index in [0.717, 1.165) is 6.42 Å². The second-order valence-corrected chi connectivity index (χ2v) is 1.90. The minimum Gasteiger partial charge on any atom is -0.0958 e. The molecule has 64 valence electrons. The van der Waals surface area contributed by atoms with Crippen molar-refractivity contribution >= 4 is 0 Å². The highest BCUT2D eigenvalue weighted by Crippen LogP contribution is 1.97. The first-order chi connectivity index (χ1) is 5.31. The van der Waals surface area contributed by atoms with Crippen LogP contribution in [0.1, 0.15) is 34.1 Å². The van der Waals surface area contributed by atoms with Crippen molar-refractivity contribution < 1.29 is 0 Å². The Kier molecular flexibility index (Phi) is 14.0. The second-order valence-electron chi connectivity index (χ2n) is 1.90. The van der Waals surface area contributed by atoms with Crippen LogP contribution in [-0.4, -0.2) is 0 Å². The van der Waals surface area contributed by atoms with Crippen LogP contribution >= 0.6 is 0 Å². The maximum atomic E-state index is 3.82. The summed E-state index contributed by atoms with van der Waals surface area (Å²) in [5.41, 5.74) is 1.17. The van der Waals surface area contributed by atoms with Gasteiger partial charge in [0.1, 0.15) is 0 Å². The fourth-order valence-corrected chi connectivity index (χ4v) is 0.421. The molecular weight excluding hydrogens is 132 g/mol. The Morgan fingerprint density at radius 2 is 1.82 bits per heavy atom. The highest BCUT2D eigenvalue weighted by molar-refractivity contribution is 5.18. The SMILES string of the molecule is C=C(/C=C\C=C/C)CC.CC. The van der Waals surface area contributed by atoms with Gasteiger partial charge in [0.05, 0.1) is 0 Å². The average Bonchev–Trinajstić information content (AvgIpc) is 2.08. The Morgan fingerprint density at radius 3 is 2.18 bits per heavy atom. The summed E-state index contributed by atoms with van der Waals surface area (Å²) in [5, 5.41) is 0. The molecule has 0 aromatic carbocycles. The van der Waals surface area contributed by atoms with Crippen molar-refractivity contribution in [3.63, 3.8) is 0 Å². The van der Waals surface area contributed by atoms with Gasteiger partial charge in [-0.15, -0.1) is 0 Å². The van der Waals surface area contributed by atoms with Crippen molar-refractivity contribution in [2.45, 2.75) is 34.1 Å². The molecular formula is C11H20. The zero-order valence-corrected chi connectivity index (χ0v) is 8.22. The molecule has 0 saturated heterocycles. The van der Waals surface area contributed by atoms with Crippen LogP contribution < -0.4 is 0 Å². The second kappa shape index (κ2) is 12.0. The third-order valence-electron chi connectivity index (χ3n) is 1.09. The van der Waals surface area contributed by atoms with Gasteiger partial charge in [-0.1, -0.05) is 57.2 Å². The highest BCUT2D eigenvalue weighted by atomic mass is 13.8. The van der Waals surface area contributed by atoms with Gasteiger partial charge in [0.2, 0.25) is 0 Å². The lowest BCUT2D eigenvalue weighted by molar-refractivity contribution is 1.16. The molecule has 0 aromatic rings. The maximum absolute atomic E-state index is 3.82. The van der Waals surface area contributed by atoms with E-state index >= 15 is 0 Å². The van der Waals surface area contributed by atoms with E-state index in [-0.39, 0.29) is 0 Å². The van der Waals surface area contributed by atoms with Gasteiger partial charge in [0.25, 0.3) is 0 Å². The zero-order valence-electron chi connectivity index (χ0n) is 8.22. The van der Waals surface area contributed by atoms with E-state index in [0.29, 0.717) is 0 Å². The molecule has 0 aliphatic rings. The van der Waals surface area contributed by atoms with Crippen molar-refractivity contribution in [2.75, 3.05) is 0 Å². The molecule has 0 spiro atoms. The summed E-state index contributed by atoms with van der Waals surface area (Å²) < 4.78 is 0. The fourth-order valence-electron chi connectivity index (χ4n) is 0.421. The normalized spacial score (nSPS) is 9.82. The minimum absolute atomic E-state index is 1.04.